The Kier molecular flexibility index (Phi) is 8.02. The van der Waals surface area contributed by atoms with Crippen LogP contribution in [0.2, 0.25) is 0 Å². The summed E-state index contributed by atoms with van der Waals surface area (Å²) in [6.07, 6.45) is 4.20. The fourth-order valence-electron chi connectivity index (χ4n) is 3.80. The number of hydrogen-bond acceptors (Lipinski definition) is 8. The number of carbonyl (C=O) groups excluding carboxylic acids is 2. The highest BCUT2D eigenvalue weighted by atomic mass is 35.5. The standard InChI is InChI=1S/C21H24FN5O3S.ClH/c1-30-19(28)12-27-24-18(23-25-27)10-14-11-26(9-8-17(14)31)20(21(29)13-6-7-13)15-4-2-3-5-16(15)22;/h2-5,10,13,17,20,31H,6-9,11-12H2,1H3;1H/b14-10+;. The van der Waals surface area contributed by atoms with Crippen molar-refractivity contribution in [2.75, 3.05) is 20.2 Å². The Balaban J connectivity index is 0.00000289. The van der Waals surface area contributed by atoms with Gasteiger partial charge in [0.05, 0.1) is 13.2 Å². The lowest BCUT2D eigenvalue weighted by Crippen LogP contribution is -2.42. The van der Waals surface area contributed by atoms with Crippen molar-refractivity contribution in [1.29, 1.82) is 0 Å². The molecule has 1 aliphatic heterocycles. The predicted molar refractivity (Wildman–Crippen MR) is 121 cm³/mol. The number of ketones is 1. The first-order valence-electron chi connectivity index (χ1n) is 10.2. The maximum absolute atomic E-state index is 14.6. The third kappa shape index (κ3) is 5.54. The van der Waals surface area contributed by atoms with Gasteiger partial charge in [-0.15, -0.1) is 22.6 Å². The summed E-state index contributed by atoms with van der Waals surface area (Å²) < 4.78 is 19.2. The third-order valence-corrected chi connectivity index (χ3v) is 6.19. The molecule has 172 valence electrons. The second-order valence-corrected chi connectivity index (χ2v) is 8.47. The molecule has 2 heterocycles. The molecule has 0 radical (unpaired) electrons. The van der Waals surface area contributed by atoms with Crippen LogP contribution in [-0.4, -0.2) is 62.3 Å². The number of likely N-dealkylation sites (tertiary alicyclic amines) is 1. The second kappa shape index (κ2) is 10.5. The number of rotatable bonds is 7. The largest absolute Gasteiger partial charge is 0.468 e. The Hall–Kier alpha value is -2.30. The van der Waals surface area contributed by atoms with Crippen molar-refractivity contribution in [3.63, 3.8) is 0 Å². The molecule has 2 unspecified atom stereocenters. The van der Waals surface area contributed by atoms with E-state index in [1.54, 1.807) is 24.3 Å². The van der Waals surface area contributed by atoms with E-state index in [9.17, 15) is 14.0 Å². The Morgan fingerprint density at radius 2 is 2.06 bits per heavy atom. The van der Waals surface area contributed by atoms with E-state index >= 15 is 0 Å². The normalized spacial score (nSPS) is 21.1. The molecule has 4 rings (SSSR count). The fourth-order valence-corrected chi connectivity index (χ4v) is 4.07. The number of thiol groups is 1. The maximum atomic E-state index is 14.6. The summed E-state index contributed by atoms with van der Waals surface area (Å²) in [7, 11) is 1.29. The van der Waals surface area contributed by atoms with Gasteiger partial charge in [0.25, 0.3) is 0 Å². The van der Waals surface area contributed by atoms with Gasteiger partial charge in [-0.05, 0) is 42.2 Å². The Morgan fingerprint density at radius 1 is 1.31 bits per heavy atom. The Labute approximate surface area is 197 Å². The average Bonchev–Trinajstić information content (AvgIpc) is 3.53. The zero-order valence-electron chi connectivity index (χ0n) is 17.6. The van der Waals surface area contributed by atoms with Gasteiger partial charge in [0.15, 0.2) is 18.2 Å². The van der Waals surface area contributed by atoms with Crippen LogP contribution in [0.15, 0.2) is 29.8 Å². The van der Waals surface area contributed by atoms with Gasteiger partial charge < -0.3 is 4.74 Å². The van der Waals surface area contributed by atoms with Crippen LogP contribution in [0.1, 0.15) is 36.7 Å². The number of aromatic nitrogens is 4. The summed E-state index contributed by atoms with van der Waals surface area (Å²) in [6.45, 7) is 0.941. The fraction of sp³-hybridized carbons (Fsp3) is 0.476. The minimum absolute atomic E-state index is 0. The molecule has 11 heteroatoms. The van der Waals surface area contributed by atoms with Gasteiger partial charge in [-0.25, -0.2) is 9.18 Å². The number of benzene rings is 1. The van der Waals surface area contributed by atoms with Gasteiger partial charge in [0.1, 0.15) is 5.82 Å². The van der Waals surface area contributed by atoms with Crippen LogP contribution < -0.4 is 0 Å². The van der Waals surface area contributed by atoms with Gasteiger partial charge in [-0.1, -0.05) is 18.2 Å². The molecule has 1 aromatic carbocycles. The first-order valence-corrected chi connectivity index (χ1v) is 10.7. The molecule has 1 saturated heterocycles. The van der Waals surface area contributed by atoms with Crippen molar-refractivity contribution in [3.8, 4) is 0 Å². The zero-order valence-corrected chi connectivity index (χ0v) is 19.3. The molecular formula is C21H25ClFN5O3S. The van der Waals surface area contributed by atoms with Crippen molar-refractivity contribution in [2.45, 2.75) is 37.1 Å². The highest BCUT2D eigenvalue weighted by molar-refractivity contribution is 7.81. The maximum Gasteiger partial charge on any atom is 0.329 e. The lowest BCUT2D eigenvalue weighted by molar-refractivity contribution is -0.141. The van der Waals surface area contributed by atoms with E-state index in [-0.39, 0.29) is 41.7 Å². The molecule has 8 nitrogen and oxygen atoms in total. The van der Waals surface area contributed by atoms with Gasteiger partial charge in [-0.2, -0.15) is 17.4 Å². The number of nitrogens with zero attached hydrogens (tertiary/aromatic N) is 5. The van der Waals surface area contributed by atoms with Crippen molar-refractivity contribution in [2.24, 2.45) is 5.92 Å². The van der Waals surface area contributed by atoms with Crippen molar-refractivity contribution < 1.29 is 18.7 Å². The van der Waals surface area contributed by atoms with Crippen LogP contribution in [0.5, 0.6) is 0 Å². The van der Waals surface area contributed by atoms with E-state index in [4.69, 9.17) is 0 Å². The lowest BCUT2D eigenvalue weighted by atomic mass is 9.93. The summed E-state index contributed by atoms with van der Waals surface area (Å²) in [5.41, 5.74) is 1.33. The predicted octanol–water partition coefficient (Wildman–Crippen LogP) is 2.51. The van der Waals surface area contributed by atoms with Crippen LogP contribution >= 0.6 is 25.0 Å². The van der Waals surface area contributed by atoms with E-state index in [1.165, 1.54) is 13.2 Å². The van der Waals surface area contributed by atoms with Crippen LogP contribution in [0.4, 0.5) is 4.39 Å². The first-order chi connectivity index (χ1) is 15.0. The minimum Gasteiger partial charge on any atom is -0.468 e. The number of esters is 1. The molecule has 0 amide bonds. The van der Waals surface area contributed by atoms with Crippen molar-refractivity contribution in [1.82, 2.24) is 25.1 Å². The first kappa shape index (κ1) is 24.3. The number of methoxy groups -OCH3 is 1. The summed E-state index contributed by atoms with van der Waals surface area (Å²) in [5.74, 6) is -0.420. The SMILES string of the molecule is COC(=O)Cn1nnc(/C=C2\CN(C(C(=O)C3CC3)c3ccccc3F)CCC2S)n1.Cl. The molecule has 32 heavy (non-hydrogen) atoms. The summed E-state index contributed by atoms with van der Waals surface area (Å²) in [4.78, 5) is 27.7. The molecule has 1 aliphatic carbocycles. The molecular weight excluding hydrogens is 457 g/mol. The van der Waals surface area contributed by atoms with Crippen molar-refractivity contribution >= 4 is 42.9 Å². The van der Waals surface area contributed by atoms with Crippen molar-refractivity contribution in [3.05, 3.63) is 47.0 Å². The second-order valence-electron chi connectivity index (χ2n) is 7.85. The minimum atomic E-state index is -0.624. The van der Waals surface area contributed by atoms with Crippen LogP contribution in [0.25, 0.3) is 6.08 Å². The molecule has 2 aromatic rings. The highest BCUT2D eigenvalue weighted by Gasteiger charge is 2.40. The molecule has 0 spiro atoms. The number of piperidine rings is 1. The molecule has 2 aliphatic rings. The van der Waals surface area contributed by atoms with E-state index < -0.39 is 12.0 Å². The molecule has 1 aromatic heterocycles. The van der Waals surface area contributed by atoms with E-state index in [1.807, 2.05) is 4.90 Å². The van der Waals surface area contributed by atoms with Gasteiger partial charge >= 0.3 is 5.97 Å². The average molecular weight is 482 g/mol. The van der Waals surface area contributed by atoms with E-state index in [0.29, 0.717) is 30.9 Å². The number of Topliss-reactive ketones (excluding diaryl/α,β-unsaturated/α-hetero) is 1. The molecule has 1 saturated carbocycles. The molecule has 0 N–H and O–H groups in total. The number of hydrogen-bond donors (Lipinski definition) is 1. The van der Waals surface area contributed by atoms with Crippen LogP contribution in [0, 0.1) is 11.7 Å². The van der Waals surface area contributed by atoms with Gasteiger partial charge in [0, 0.05) is 29.8 Å². The smallest absolute Gasteiger partial charge is 0.329 e. The van der Waals surface area contributed by atoms with E-state index in [2.05, 4.69) is 32.8 Å². The topological polar surface area (TPSA) is 90.2 Å². The van der Waals surface area contributed by atoms with Gasteiger partial charge in [0.2, 0.25) is 0 Å². The highest BCUT2D eigenvalue weighted by Crippen LogP contribution is 2.39. The monoisotopic (exact) mass is 481 g/mol. The zero-order chi connectivity index (χ0) is 22.0. The molecule has 2 atom stereocenters. The van der Waals surface area contributed by atoms with Gasteiger partial charge in [-0.3, -0.25) is 9.69 Å². The number of carbonyl (C=O) groups is 2. The number of halogens is 2. The number of ether oxygens (including phenoxy) is 1. The summed E-state index contributed by atoms with van der Waals surface area (Å²) >= 11 is 4.67. The van der Waals surface area contributed by atoms with Crippen LogP contribution in [-0.2, 0) is 20.9 Å². The quantitative estimate of drug-likeness (QED) is 0.480. The van der Waals surface area contributed by atoms with E-state index in [0.717, 1.165) is 23.2 Å². The molecule has 2 fully saturated rings. The lowest BCUT2D eigenvalue weighted by Gasteiger charge is -2.37. The summed E-state index contributed by atoms with van der Waals surface area (Å²) in [5, 5.41) is 12.0. The Bertz CT molecular complexity index is 1010. The van der Waals surface area contributed by atoms with Crippen LogP contribution in [0.3, 0.4) is 0 Å². The molecule has 0 bridgehead atoms. The summed E-state index contributed by atoms with van der Waals surface area (Å²) in [6, 6.07) is 5.86. The third-order valence-electron chi connectivity index (χ3n) is 5.60. The Morgan fingerprint density at radius 3 is 2.75 bits per heavy atom. The number of tetrazole rings is 1.